The van der Waals surface area contributed by atoms with Crippen LogP contribution in [0.5, 0.6) is 0 Å². The van der Waals surface area contributed by atoms with Crippen LogP contribution in [0.3, 0.4) is 0 Å². The molecule has 1 fully saturated rings. The maximum absolute atomic E-state index is 13.7. The van der Waals surface area contributed by atoms with Crippen molar-refractivity contribution in [1.29, 1.82) is 0 Å². The fourth-order valence-electron chi connectivity index (χ4n) is 5.81. The van der Waals surface area contributed by atoms with Crippen LogP contribution in [0.2, 0.25) is 0 Å². The van der Waals surface area contributed by atoms with Crippen LogP contribution in [0, 0.1) is 13.8 Å². The highest BCUT2D eigenvalue weighted by Gasteiger charge is 2.33. The van der Waals surface area contributed by atoms with Gasteiger partial charge < -0.3 is 9.88 Å². The van der Waals surface area contributed by atoms with Crippen LogP contribution in [-0.2, 0) is 13.0 Å². The summed E-state index contributed by atoms with van der Waals surface area (Å²) >= 11 is 1.73. The zero-order valence-electron chi connectivity index (χ0n) is 23.7. The summed E-state index contributed by atoms with van der Waals surface area (Å²) in [6.07, 6.45) is 0.795. The zero-order chi connectivity index (χ0) is 28.6. The standard InChI is InChI=1S/C32H32N8OS/c1-21-18-24-20-25(31(41)33-27(24)19-22(21)2)29(30-35-36-37-40(30)13-12-23-8-4-3-5-9-23)38-14-16-39(17-15-38)32-34-26-10-6-7-11-28(26)42-32/h3-11,18-20,29H,12-17H2,1-2H3,(H,33,41)/t29-/m0/s1. The number of benzene rings is 3. The van der Waals surface area contributed by atoms with Gasteiger partial charge in [-0.1, -0.05) is 53.8 Å². The lowest BCUT2D eigenvalue weighted by atomic mass is 10.00. The highest BCUT2D eigenvalue weighted by Crippen LogP contribution is 2.32. The minimum Gasteiger partial charge on any atom is -0.345 e. The summed E-state index contributed by atoms with van der Waals surface area (Å²) in [4.78, 5) is 26.4. The van der Waals surface area contributed by atoms with E-state index >= 15 is 0 Å². The summed E-state index contributed by atoms with van der Waals surface area (Å²) in [5.74, 6) is 0.688. The van der Waals surface area contributed by atoms with Gasteiger partial charge in [-0.3, -0.25) is 9.69 Å². The van der Waals surface area contributed by atoms with Crippen molar-refractivity contribution < 1.29 is 0 Å². The maximum atomic E-state index is 13.7. The van der Waals surface area contributed by atoms with Gasteiger partial charge in [-0.2, -0.15) is 0 Å². The minimum atomic E-state index is -0.386. The Bertz CT molecular complexity index is 1890. The second-order valence-electron chi connectivity index (χ2n) is 11.0. The number of piperazine rings is 1. The fourth-order valence-corrected chi connectivity index (χ4v) is 6.83. The third-order valence-electron chi connectivity index (χ3n) is 8.27. The molecular formula is C32H32N8OS. The highest BCUT2D eigenvalue weighted by atomic mass is 32.1. The number of H-pyrrole nitrogens is 1. The van der Waals surface area contributed by atoms with Crippen LogP contribution in [0.15, 0.2) is 77.6 Å². The van der Waals surface area contributed by atoms with E-state index in [-0.39, 0.29) is 11.6 Å². The molecule has 0 spiro atoms. The molecule has 0 radical (unpaired) electrons. The van der Waals surface area contributed by atoms with Crippen LogP contribution >= 0.6 is 11.3 Å². The minimum absolute atomic E-state index is 0.109. The number of hydrogen-bond donors (Lipinski definition) is 1. The third kappa shape index (κ3) is 5.08. The van der Waals surface area contributed by atoms with E-state index in [4.69, 9.17) is 4.98 Å². The molecule has 3 aromatic carbocycles. The van der Waals surface area contributed by atoms with Gasteiger partial charge >= 0.3 is 0 Å². The number of thiazole rings is 1. The lowest BCUT2D eigenvalue weighted by Crippen LogP contribution is -2.49. The van der Waals surface area contributed by atoms with Crippen molar-refractivity contribution >= 4 is 37.6 Å². The molecule has 3 aromatic heterocycles. The molecular weight excluding hydrogens is 544 g/mol. The lowest BCUT2D eigenvalue weighted by molar-refractivity contribution is 0.199. The molecule has 6 aromatic rings. The summed E-state index contributed by atoms with van der Waals surface area (Å²) in [5.41, 5.74) is 5.98. The normalized spacial score (nSPS) is 15.0. The Balaban J connectivity index is 1.23. The quantitative estimate of drug-likeness (QED) is 0.289. The van der Waals surface area contributed by atoms with Gasteiger partial charge in [0.25, 0.3) is 5.56 Å². The van der Waals surface area contributed by atoms with Crippen molar-refractivity contribution in [3.63, 3.8) is 0 Å². The Hall–Kier alpha value is -4.41. The van der Waals surface area contributed by atoms with Crippen molar-refractivity contribution in [2.24, 2.45) is 0 Å². The molecule has 4 heterocycles. The summed E-state index contributed by atoms with van der Waals surface area (Å²) in [6, 6.07) is 24.4. The van der Waals surface area contributed by atoms with Gasteiger partial charge in [0.05, 0.1) is 10.2 Å². The molecule has 9 nitrogen and oxygen atoms in total. The van der Waals surface area contributed by atoms with Gasteiger partial charge in [-0.05, 0) is 83.1 Å². The number of aromatic nitrogens is 6. The third-order valence-corrected chi connectivity index (χ3v) is 9.37. The number of aryl methyl sites for hydroxylation is 4. The molecule has 1 aliphatic heterocycles. The first-order valence-corrected chi connectivity index (χ1v) is 15.1. The smallest absolute Gasteiger partial charge is 0.253 e. The number of para-hydroxylation sites is 1. The van der Waals surface area contributed by atoms with E-state index < -0.39 is 0 Å². The number of aromatic amines is 1. The van der Waals surface area contributed by atoms with E-state index in [2.05, 4.69) is 80.6 Å². The summed E-state index contributed by atoms with van der Waals surface area (Å²) in [7, 11) is 0. The molecule has 1 aliphatic rings. The maximum Gasteiger partial charge on any atom is 0.253 e. The van der Waals surface area contributed by atoms with E-state index in [1.54, 1.807) is 11.3 Å². The number of nitrogens with zero attached hydrogens (tertiary/aromatic N) is 7. The molecule has 1 atom stereocenters. The van der Waals surface area contributed by atoms with E-state index in [0.717, 1.165) is 59.7 Å². The molecule has 1 saturated heterocycles. The van der Waals surface area contributed by atoms with Crippen LogP contribution in [0.1, 0.15) is 34.1 Å². The van der Waals surface area contributed by atoms with E-state index in [1.165, 1.54) is 15.8 Å². The summed E-state index contributed by atoms with van der Waals surface area (Å²) in [6.45, 7) is 7.88. The second kappa shape index (κ2) is 11.1. The van der Waals surface area contributed by atoms with Crippen molar-refractivity contribution in [2.45, 2.75) is 32.9 Å². The van der Waals surface area contributed by atoms with Gasteiger partial charge in [-0.25, -0.2) is 9.67 Å². The molecule has 0 bridgehead atoms. The molecule has 10 heteroatoms. The highest BCUT2D eigenvalue weighted by molar-refractivity contribution is 7.22. The molecule has 212 valence electrons. The average Bonchev–Trinajstić information content (AvgIpc) is 3.66. The van der Waals surface area contributed by atoms with Crippen molar-refractivity contribution in [3.8, 4) is 0 Å². The van der Waals surface area contributed by atoms with Crippen LogP contribution in [0.25, 0.3) is 21.1 Å². The molecule has 0 amide bonds. The van der Waals surface area contributed by atoms with Crippen LogP contribution < -0.4 is 10.5 Å². The number of rotatable bonds is 7. The van der Waals surface area contributed by atoms with Crippen molar-refractivity contribution in [2.75, 3.05) is 31.1 Å². The predicted molar refractivity (Wildman–Crippen MR) is 167 cm³/mol. The Labute approximate surface area is 247 Å². The molecule has 1 N–H and O–H groups in total. The van der Waals surface area contributed by atoms with Gasteiger partial charge in [0.2, 0.25) is 0 Å². The first-order chi connectivity index (χ1) is 20.5. The number of pyridine rings is 1. The summed E-state index contributed by atoms with van der Waals surface area (Å²) < 4.78 is 3.06. The molecule has 0 saturated carbocycles. The van der Waals surface area contributed by atoms with Gasteiger partial charge in [0, 0.05) is 43.8 Å². The molecule has 0 aliphatic carbocycles. The number of tetrazole rings is 1. The van der Waals surface area contributed by atoms with E-state index in [1.807, 2.05) is 41.1 Å². The number of hydrogen-bond acceptors (Lipinski definition) is 8. The SMILES string of the molecule is Cc1cc2cc([C@@H](c3nnnn3CCc3ccccc3)N3CCN(c4nc5ccccc5s4)CC3)c(=O)[nH]c2cc1C. The van der Waals surface area contributed by atoms with E-state index in [0.29, 0.717) is 17.9 Å². The Morgan fingerprint density at radius 3 is 2.50 bits per heavy atom. The van der Waals surface area contributed by atoms with E-state index in [9.17, 15) is 4.79 Å². The van der Waals surface area contributed by atoms with Gasteiger partial charge in [-0.15, -0.1) is 5.10 Å². The Kier molecular flexibility index (Phi) is 7.01. The fraction of sp³-hybridized carbons (Fsp3) is 0.281. The van der Waals surface area contributed by atoms with Crippen LogP contribution in [0.4, 0.5) is 5.13 Å². The van der Waals surface area contributed by atoms with Crippen LogP contribution in [-0.4, -0.2) is 61.3 Å². The average molecular weight is 577 g/mol. The van der Waals surface area contributed by atoms with Crippen molar-refractivity contribution in [3.05, 3.63) is 111 Å². The first-order valence-electron chi connectivity index (χ1n) is 14.3. The topological polar surface area (TPSA) is 95.8 Å². The monoisotopic (exact) mass is 576 g/mol. The molecule has 42 heavy (non-hydrogen) atoms. The van der Waals surface area contributed by atoms with Crippen molar-refractivity contribution in [1.82, 2.24) is 35.1 Å². The second-order valence-corrected chi connectivity index (χ2v) is 12.0. The summed E-state index contributed by atoms with van der Waals surface area (Å²) in [5, 5.41) is 15.0. The Morgan fingerprint density at radius 1 is 0.929 bits per heavy atom. The number of fused-ring (bicyclic) bond motifs is 2. The zero-order valence-corrected chi connectivity index (χ0v) is 24.5. The predicted octanol–water partition coefficient (Wildman–Crippen LogP) is 4.90. The molecule has 7 rings (SSSR count). The number of nitrogens with one attached hydrogen (secondary N) is 1. The lowest BCUT2D eigenvalue weighted by Gasteiger charge is -2.38. The molecule has 0 unspecified atom stereocenters. The first kappa shape index (κ1) is 26.5. The largest absolute Gasteiger partial charge is 0.345 e. The Morgan fingerprint density at radius 2 is 1.69 bits per heavy atom. The number of anilines is 1. The van der Waals surface area contributed by atoms with Gasteiger partial charge in [0.1, 0.15) is 6.04 Å². The van der Waals surface area contributed by atoms with Gasteiger partial charge in [0.15, 0.2) is 11.0 Å².